The molecule has 2 rings (SSSR count). The number of hydrogen-bond donors (Lipinski definition) is 1. The van der Waals surface area contributed by atoms with Crippen molar-refractivity contribution < 1.29 is 22.7 Å². The van der Waals surface area contributed by atoms with Crippen molar-refractivity contribution in [2.45, 2.75) is 19.2 Å². The first kappa shape index (κ1) is 14.5. The van der Waals surface area contributed by atoms with E-state index in [1.54, 1.807) is 6.92 Å². The summed E-state index contributed by atoms with van der Waals surface area (Å²) in [6.45, 7) is 1.66. The second-order valence-electron chi connectivity index (χ2n) is 4.51. The lowest BCUT2D eigenvalue weighted by atomic mass is 9.95. The first-order chi connectivity index (χ1) is 9.30. The highest BCUT2D eigenvalue weighted by Crippen LogP contribution is 2.36. The van der Waals surface area contributed by atoms with Crippen molar-refractivity contribution >= 4 is 0 Å². The van der Waals surface area contributed by atoms with Crippen LogP contribution >= 0.6 is 0 Å². The summed E-state index contributed by atoms with van der Waals surface area (Å²) in [5.41, 5.74) is -0.870. The van der Waals surface area contributed by atoms with E-state index in [0.29, 0.717) is 5.56 Å². The summed E-state index contributed by atoms with van der Waals surface area (Å²) in [6.07, 6.45) is -6.26. The highest BCUT2D eigenvalue weighted by atomic mass is 19.4. The zero-order chi connectivity index (χ0) is 14.9. The molecule has 0 saturated heterocycles. The third-order valence-corrected chi connectivity index (χ3v) is 3.01. The van der Waals surface area contributed by atoms with Gasteiger partial charge in [-0.25, -0.2) is 4.39 Å². The number of aliphatic hydroxyl groups excluding tert-OH is 1. The van der Waals surface area contributed by atoms with Gasteiger partial charge >= 0.3 is 6.18 Å². The van der Waals surface area contributed by atoms with E-state index < -0.39 is 23.7 Å². The number of alkyl halides is 3. The Kier molecular flexibility index (Phi) is 3.81. The molecular weight excluding hydrogens is 272 g/mol. The molecule has 20 heavy (non-hydrogen) atoms. The topological polar surface area (TPSA) is 20.2 Å². The van der Waals surface area contributed by atoms with Crippen LogP contribution in [0.5, 0.6) is 0 Å². The Hall–Kier alpha value is -1.88. The van der Waals surface area contributed by atoms with E-state index in [1.165, 1.54) is 30.3 Å². The first-order valence-corrected chi connectivity index (χ1v) is 5.91. The fourth-order valence-electron chi connectivity index (χ4n) is 2.02. The molecule has 106 valence electrons. The summed E-state index contributed by atoms with van der Waals surface area (Å²) >= 11 is 0. The maximum Gasteiger partial charge on any atom is 0.416 e. The molecule has 0 aliphatic carbocycles. The van der Waals surface area contributed by atoms with Gasteiger partial charge in [-0.3, -0.25) is 0 Å². The highest BCUT2D eigenvalue weighted by Gasteiger charge is 2.35. The highest BCUT2D eigenvalue weighted by molar-refractivity contribution is 5.38. The van der Waals surface area contributed by atoms with Gasteiger partial charge in [0.15, 0.2) is 0 Å². The molecular formula is C15H12F4O. The molecule has 1 N–H and O–H groups in total. The third kappa shape index (κ3) is 2.82. The van der Waals surface area contributed by atoms with Crippen LogP contribution in [0.3, 0.4) is 0 Å². The van der Waals surface area contributed by atoms with Gasteiger partial charge in [0.2, 0.25) is 0 Å². The Labute approximate surface area is 113 Å². The van der Waals surface area contributed by atoms with Crippen LogP contribution in [0.4, 0.5) is 17.6 Å². The normalized spacial score (nSPS) is 13.3. The number of aryl methyl sites for hydroxylation is 1. The third-order valence-electron chi connectivity index (χ3n) is 3.01. The number of rotatable bonds is 2. The molecule has 0 heterocycles. The van der Waals surface area contributed by atoms with Crippen LogP contribution in [0.25, 0.3) is 0 Å². The second-order valence-corrected chi connectivity index (χ2v) is 4.51. The van der Waals surface area contributed by atoms with E-state index in [-0.39, 0.29) is 11.1 Å². The van der Waals surface area contributed by atoms with Gasteiger partial charge in [-0.15, -0.1) is 0 Å². The van der Waals surface area contributed by atoms with Gasteiger partial charge in [0.1, 0.15) is 11.9 Å². The summed E-state index contributed by atoms with van der Waals surface area (Å²) in [5, 5.41) is 10.1. The lowest BCUT2D eigenvalue weighted by Crippen LogP contribution is -2.13. The van der Waals surface area contributed by atoms with E-state index in [1.807, 2.05) is 0 Å². The molecule has 0 amide bonds. The molecule has 2 aromatic carbocycles. The quantitative estimate of drug-likeness (QED) is 0.818. The largest absolute Gasteiger partial charge is 0.416 e. The Morgan fingerprint density at radius 3 is 2.25 bits per heavy atom. The number of benzene rings is 2. The Morgan fingerprint density at radius 1 is 1.00 bits per heavy atom. The number of halogens is 4. The smallest absolute Gasteiger partial charge is 0.384 e. The maximum atomic E-state index is 13.8. The van der Waals surface area contributed by atoms with E-state index in [9.17, 15) is 22.7 Å². The molecule has 1 atom stereocenters. The SMILES string of the molecule is Cc1ccc(C(O)c2ccccc2C(F)(F)F)c(F)c1. The molecule has 1 nitrogen and oxygen atoms in total. The van der Waals surface area contributed by atoms with E-state index in [2.05, 4.69) is 0 Å². The molecule has 0 saturated carbocycles. The monoisotopic (exact) mass is 284 g/mol. The predicted octanol–water partition coefficient (Wildman–Crippen LogP) is 4.23. The fraction of sp³-hybridized carbons (Fsp3) is 0.200. The summed E-state index contributed by atoms with van der Waals surface area (Å²) in [5.74, 6) is -0.727. The molecule has 5 heteroatoms. The van der Waals surface area contributed by atoms with Crippen LogP contribution in [0.15, 0.2) is 42.5 Å². The Bertz CT molecular complexity index is 620. The van der Waals surface area contributed by atoms with Gasteiger partial charge in [0.05, 0.1) is 5.56 Å². The molecule has 0 fully saturated rings. The summed E-state index contributed by atoms with van der Waals surface area (Å²) in [4.78, 5) is 0. The molecule has 0 aromatic heterocycles. The predicted molar refractivity (Wildman–Crippen MR) is 66.6 cm³/mol. The Balaban J connectivity index is 2.51. The van der Waals surface area contributed by atoms with Crippen LogP contribution < -0.4 is 0 Å². The minimum Gasteiger partial charge on any atom is -0.384 e. The minimum atomic E-state index is -4.60. The van der Waals surface area contributed by atoms with Crippen molar-refractivity contribution in [2.24, 2.45) is 0 Å². The van der Waals surface area contributed by atoms with Gasteiger partial charge in [0.25, 0.3) is 0 Å². The zero-order valence-corrected chi connectivity index (χ0v) is 10.6. The van der Waals surface area contributed by atoms with Crippen LogP contribution in [-0.4, -0.2) is 5.11 Å². The van der Waals surface area contributed by atoms with Crippen molar-refractivity contribution in [3.8, 4) is 0 Å². The summed E-state index contributed by atoms with van der Waals surface area (Å²) < 4.78 is 52.4. The average Bonchev–Trinajstić information content (AvgIpc) is 2.37. The molecule has 0 radical (unpaired) electrons. The van der Waals surface area contributed by atoms with Gasteiger partial charge in [-0.05, 0) is 30.2 Å². The summed E-state index contributed by atoms with van der Waals surface area (Å²) in [6, 6.07) is 8.62. The van der Waals surface area contributed by atoms with E-state index in [0.717, 1.165) is 12.1 Å². The van der Waals surface area contributed by atoms with Gasteiger partial charge < -0.3 is 5.11 Å². The van der Waals surface area contributed by atoms with Crippen LogP contribution in [0.1, 0.15) is 28.4 Å². The van der Waals surface area contributed by atoms with Gasteiger partial charge in [-0.1, -0.05) is 30.3 Å². The van der Waals surface area contributed by atoms with Crippen LogP contribution in [0.2, 0.25) is 0 Å². The van der Waals surface area contributed by atoms with Crippen LogP contribution in [0, 0.1) is 12.7 Å². The van der Waals surface area contributed by atoms with Gasteiger partial charge in [-0.2, -0.15) is 13.2 Å². The van der Waals surface area contributed by atoms with Crippen molar-refractivity contribution in [3.63, 3.8) is 0 Å². The molecule has 1 unspecified atom stereocenters. The van der Waals surface area contributed by atoms with E-state index >= 15 is 0 Å². The number of aliphatic hydroxyl groups is 1. The molecule has 0 aliphatic heterocycles. The lowest BCUT2D eigenvalue weighted by molar-refractivity contribution is -0.139. The molecule has 0 aliphatic rings. The van der Waals surface area contributed by atoms with Crippen molar-refractivity contribution in [2.75, 3.05) is 0 Å². The second kappa shape index (κ2) is 5.25. The van der Waals surface area contributed by atoms with Gasteiger partial charge in [0, 0.05) is 5.56 Å². The zero-order valence-electron chi connectivity index (χ0n) is 10.6. The molecule has 2 aromatic rings. The van der Waals surface area contributed by atoms with Crippen molar-refractivity contribution in [3.05, 3.63) is 70.5 Å². The first-order valence-electron chi connectivity index (χ1n) is 5.91. The van der Waals surface area contributed by atoms with Crippen LogP contribution in [-0.2, 0) is 6.18 Å². The lowest BCUT2D eigenvalue weighted by Gasteiger charge is -2.18. The molecule has 0 bridgehead atoms. The molecule has 0 spiro atoms. The fourth-order valence-corrected chi connectivity index (χ4v) is 2.02. The minimum absolute atomic E-state index is 0.174. The average molecular weight is 284 g/mol. The standard InChI is InChI=1S/C15H12F4O/c1-9-6-7-11(13(16)8-9)14(20)10-4-2-3-5-12(10)15(17,18)19/h2-8,14,20H,1H3. The Morgan fingerprint density at radius 2 is 1.65 bits per heavy atom. The van der Waals surface area contributed by atoms with E-state index in [4.69, 9.17) is 0 Å². The van der Waals surface area contributed by atoms with Crippen molar-refractivity contribution in [1.82, 2.24) is 0 Å². The maximum absolute atomic E-state index is 13.8. The van der Waals surface area contributed by atoms with Crippen molar-refractivity contribution in [1.29, 1.82) is 0 Å². The number of hydrogen-bond acceptors (Lipinski definition) is 1. The summed E-state index contributed by atoms with van der Waals surface area (Å²) in [7, 11) is 0.